The van der Waals surface area contributed by atoms with Crippen molar-refractivity contribution in [1.29, 1.82) is 0 Å². The third kappa shape index (κ3) is 86.0. The van der Waals surface area contributed by atoms with Gasteiger partial charge in [-0.15, -0.1) is 0 Å². The molecule has 0 heterocycles. The zero-order valence-corrected chi connectivity index (χ0v) is 68.8. The highest BCUT2D eigenvalue weighted by atomic mass is 16.7. The first-order valence-electron chi connectivity index (χ1n) is 43.6. The number of rotatable bonds is 80. The lowest BCUT2D eigenvalue weighted by Crippen LogP contribution is -2.40. The number of carboxylic acid groups (broad SMARTS) is 1. The third-order valence-corrected chi connectivity index (χ3v) is 18.8. The summed E-state index contributed by atoms with van der Waals surface area (Å²) in [7, 11) is 5.97. The molecule has 9 heteroatoms. The summed E-state index contributed by atoms with van der Waals surface area (Å²) in [6.07, 6.45) is 123. The van der Waals surface area contributed by atoms with Crippen molar-refractivity contribution < 1.29 is 42.9 Å². The summed E-state index contributed by atoms with van der Waals surface area (Å²) in [4.78, 5) is 37.8. The van der Waals surface area contributed by atoms with Gasteiger partial charge < -0.3 is 28.5 Å². The number of ether oxygens (including phenoxy) is 4. The van der Waals surface area contributed by atoms with Gasteiger partial charge in [0.2, 0.25) is 0 Å². The lowest BCUT2D eigenvalue weighted by atomic mass is 10.0. The molecule has 0 saturated heterocycles. The van der Waals surface area contributed by atoms with Gasteiger partial charge in [0.1, 0.15) is 13.2 Å². The van der Waals surface area contributed by atoms with Crippen LogP contribution in [0.25, 0.3) is 0 Å². The minimum absolute atomic E-state index is 0.176. The SMILES string of the molecule is CC/C=C\C/C=C\C/C=C\C/C=C\C/C=C\C/C=C\C/C=C\C/C=C\C/C=C\C/C=C\C/C=C\C/C=C\CCCCCCC(=O)OC(COC(=O)CCCCCCCCCCCCCCCCCCCCCCCCCCCCC/C=C\CCCCCCCCCC)COC(OCC[N+](C)(C)C)C(=O)O. The maximum Gasteiger partial charge on any atom is 0.361 e. The van der Waals surface area contributed by atoms with E-state index in [1.165, 1.54) is 218 Å². The molecule has 0 aliphatic heterocycles. The number of allylic oxidation sites excluding steroid dienone is 26. The average molecular weight is 1460 g/mol. The maximum atomic E-state index is 13.0. The number of hydrogen-bond donors (Lipinski definition) is 1. The first kappa shape index (κ1) is 99.9. The summed E-state index contributed by atoms with van der Waals surface area (Å²) < 4.78 is 23.0. The van der Waals surface area contributed by atoms with Crippen LogP contribution in [0.3, 0.4) is 0 Å². The van der Waals surface area contributed by atoms with Gasteiger partial charge in [-0.3, -0.25) is 9.59 Å². The first-order valence-corrected chi connectivity index (χ1v) is 43.6. The molecule has 600 valence electrons. The minimum Gasteiger partial charge on any atom is -0.477 e. The number of aliphatic carboxylic acids is 1. The molecule has 1 N–H and O–H groups in total. The monoisotopic (exact) mass is 1460 g/mol. The molecule has 0 fully saturated rings. The summed E-state index contributed by atoms with van der Waals surface area (Å²) in [5, 5.41) is 9.79. The van der Waals surface area contributed by atoms with E-state index in [-0.39, 0.29) is 32.2 Å². The van der Waals surface area contributed by atoms with E-state index in [1.807, 2.05) is 21.1 Å². The molecule has 0 aromatic heterocycles. The Balaban J connectivity index is 4.07. The largest absolute Gasteiger partial charge is 0.477 e. The Hall–Kier alpha value is -5.09. The first-order chi connectivity index (χ1) is 51.6. The van der Waals surface area contributed by atoms with Crippen LogP contribution in [0, 0.1) is 0 Å². The maximum absolute atomic E-state index is 13.0. The van der Waals surface area contributed by atoms with Gasteiger partial charge in [-0.25, -0.2) is 4.79 Å². The molecule has 0 spiro atoms. The van der Waals surface area contributed by atoms with E-state index in [4.69, 9.17) is 18.9 Å². The Morgan fingerprint density at radius 1 is 0.295 bits per heavy atom. The number of nitrogens with zero attached hydrogens (tertiary/aromatic N) is 1. The van der Waals surface area contributed by atoms with E-state index in [0.717, 1.165) is 122 Å². The van der Waals surface area contributed by atoms with Crippen LogP contribution in [0.5, 0.6) is 0 Å². The number of carboxylic acids is 1. The second-order valence-corrected chi connectivity index (χ2v) is 30.1. The highest BCUT2D eigenvalue weighted by molar-refractivity contribution is 5.71. The Labute approximate surface area is 648 Å². The molecular formula is C96H164NO8+. The molecular weight excluding hydrogens is 1300 g/mol. The van der Waals surface area contributed by atoms with Gasteiger partial charge in [-0.1, -0.05) is 390 Å². The molecule has 0 aromatic carbocycles. The molecule has 0 radical (unpaired) electrons. The van der Waals surface area contributed by atoms with Crippen molar-refractivity contribution in [2.24, 2.45) is 0 Å². The van der Waals surface area contributed by atoms with Gasteiger partial charge in [0.05, 0.1) is 34.4 Å². The van der Waals surface area contributed by atoms with Gasteiger partial charge in [0.25, 0.3) is 6.29 Å². The van der Waals surface area contributed by atoms with Crippen molar-refractivity contribution in [3.8, 4) is 0 Å². The molecule has 0 amide bonds. The van der Waals surface area contributed by atoms with Crippen molar-refractivity contribution in [3.05, 3.63) is 158 Å². The second-order valence-electron chi connectivity index (χ2n) is 30.1. The van der Waals surface area contributed by atoms with Gasteiger partial charge in [0, 0.05) is 12.8 Å². The van der Waals surface area contributed by atoms with Crippen molar-refractivity contribution >= 4 is 17.9 Å². The minimum atomic E-state index is -1.53. The lowest BCUT2D eigenvalue weighted by Gasteiger charge is -2.25. The zero-order chi connectivity index (χ0) is 76.0. The number of carbonyl (C=O) groups is 3. The normalized spacial score (nSPS) is 13.4. The van der Waals surface area contributed by atoms with Crippen LogP contribution in [-0.4, -0.2) is 87.4 Å². The molecule has 2 atom stereocenters. The summed E-state index contributed by atoms with van der Waals surface area (Å²) in [6, 6.07) is 0. The molecule has 0 bridgehead atoms. The summed E-state index contributed by atoms with van der Waals surface area (Å²) in [5.41, 5.74) is 0. The fourth-order valence-corrected chi connectivity index (χ4v) is 12.2. The lowest BCUT2D eigenvalue weighted by molar-refractivity contribution is -0.870. The Bertz CT molecular complexity index is 2300. The number of unbranched alkanes of at least 4 members (excludes halogenated alkanes) is 39. The van der Waals surface area contributed by atoms with Crippen LogP contribution in [0.15, 0.2) is 158 Å². The van der Waals surface area contributed by atoms with E-state index in [0.29, 0.717) is 23.9 Å². The highest BCUT2D eigenvalue weighted by Crippen LogP contribution is 2.19. The Morgan fingerprint density at radius 2 is 0.543 bits per heavy atom. The molecule has 0 aliphatic carbocycles. The van der Waals surface area contributed by atoms with Crippen LogP contribution >= 0.6 is 0 Å². The fraction of sp³-hybridized carbons (Fsp3) is 0.698. The van der Waals surface area contributed by atoms with E-state index in [9.17, 15) is 19.5 Å². The molecule has 0 saturated carbocycles. The fourth-order valence-electron chi connectivity index (χ4n) is 12.2. The van der Waals surface area contributed by atoms with E-state index in [1.54, 1.807) is 0 Å². The van der Waals surface area contributed by atoms with Crippen LogP contribution in [-0.2, 0) is 33.3 Å². The summed E-state index contributed by atoms with van der Waals surface area (Å²) in [6.45, 7) is 4.76. The van der Waals surface area contributed by atoms with Gasteiger partial charge >= 0.3 is 17.9 Å². The summed E-state index contributed by atoms with van der Waals surface area (Å²) in [5.74, 6) is -2.04. The van der Waals surface area contributed by atoms with Crippen molar-refractivity contribution in [2.75, 3.05) is 47.5 Å². The van der Waals surface area contributed by atoms with Crippen LogP contribution in [0.4, 0.5) is 0 Å². The average Bonchev–Trinajstić information content (AvgIpc) is 1.18. The second kappa shape index (κ2) is 84.5. The van der Waals surface area contributed by atoms with Gasteiger partial charge in [0.15, 0.2) is 6.10 Å². The number of esters is 2. The van der Waals surface area contributed by atoms with Gasteiger partial charge in [-0.2, -0.15) is 0 Å². The van der Waals surface area contributed by atoms with Crippen LogP contribution in [0.1, 0.15) is 373 Å². The summed E-state index contributed by atoms with van der Waals surface area (Å²) >= 11 is 0. The van der Waals surface area contributed by atoms with Crippen molar-refractivity contribution in [1.82, 2.24) is 0 Å². The number of hydrogen-bond acceptors (Lipinski definition) is 7. The van der Waals surface area contributed by atoms with Crippen LogP contribution < -0.4 is 0 Å². The van der Waals surface area contributed by atoms with E-state index in [2.05, 4.69) is 172 Å². The topological polar surface area (TPSA) is 108 Å². The molecule has 0 rings (SSSR count). The van der Waals surface area contributed by atoms with Gasteiger partial charge in [-0.05, 0) is 128 Å². The molecule has 0 aromatic rings. The number of carbonyl (C=O) groups excluding carboxylic acids is 2. The Kier molecular flexibility index (Phi) is 80.4. The van der Waals surface area contributed by atoms with E-state index < -0.39 is 24.3 Å². The molecule has 9 nitrogen and oxygen atoms in total. The molecule has 0 aliphatic rings. The Morgan fingerprint density at radius 3 is 0.819 bits per heavy atom. The predicted octanol–water partition coefficient (Wildman–Crippen LogP) is 28.7. The third-order valence-electron chi connectivity index (χ3n) is 18.8. The molecule has 105 heavy (non-hydrogen) atoms. The predicted molar refractivity (Wildman–Crippen MR) is 456 cm³/mol. The van der Waals surface area contributed by atoms with Crippen molar-refractivity contribution in [2.45, 2.75) is 386 Å². The smallest absolute Gasteiger partial charge is 0.361 e. The van der Waals surface area contributed by atoms with E-state index >= 15 is 0 Å². The quantitative estimate of drug-likeness (QED) is 0.0211. The van der Waals surface area contributed by atoms with Crippen molar-refractivity contribution in [3.63, 3.8) is 0 Å². The zero-order valence-electron chi connectivity index (χ0n) is 68.8. The standard InChI is InChI=1S/C96H163NO8/c1-6-8-10-12-14-16-18-20-22-24-26-28-30-32-34-36-38-40-42-44-46-47-49-51-53-55-57-59-61-63-65-67-69-71-73-75-77-79-81-83-85-87-94(99)105-92(91-104-96(95(100)101)102-89-88-97(3,4)5)90-103-93(98)86-84-82-80-78-76-74-72-70-68-66-64-62-60-58-56-54-52-50-48-45-43-41-39-37-35-33-31-29-27-25-23-21-19-17-15-13-11-9-7-2/h8,10,14,16,20,22,25-28,32,34,38,40,44,46,49,51,55,57,61,63,67,69,73,75,92,96H,6-7,9,11-13,15,17-19,21,23-24,29-31,33,35-37,39,41-43,45,47-48,50,52-54,56,58-60,62,64-66,68,70-72,74,76-91H2,1-5H3/p+1/b10-8-,16-14-,22-20-,27-25-,28-26-,34-32-,40-38-,46-44-,51-49-,57-55-,63-61-,69-67-,75-73-. The highest BCUT2D eigenvalue weighted by Gasteiger charge is 2.25. The van der Waals surface area contributed by atoms with Crippen LogP contribution in [0.2, 0.25) is 0 Å². The molecule has 2 unspecified atom stereocenters. The number of quaternary nitrogens is 1. The number of likely N-dealkylation sites (N-methyl/N-ethyl adjacent to an activating group) is 1.